The van der Waals surface area contributed by atoms with Gasteiger partial charge in [-0.15, -0.1) is 5.10 Å². The van der Waals surface area contributed by atoms with Gasteiger partial charge in [0.05, 0.1) is 11.4 Å². The molecule has 8 nitrogen and oxygen atoms in total. The zero-order valence-corrected chi connectivity index (χ0v) is 20.5. The maximum absolute atomic E-state index is 13.1. The van der Waals surface area contributed by atoms with Crippen molar-refractivity contribution in [3.8, 4) is 5.69 Å². The van der Waals surface area contributed by atoms with Crippen molar-refractivity contribution in [3.63, 3.8) is 0 Å². The molecule has 176 valence electrons. The fourth-order valence-electron chi connectivity index (χ4n) is 3.75. The molecule has 3 heterocycles. The first-order valence-electron chi connectivity index (χ1n) is 11.0. The lowest BCUT2D eigenvalue weighted by molar-refractivity contribution is 0.0948. The SMILES string of the molecule is Cc1ccc(-n2nnc(C(=O)NCCc3c[nH]c4ccccc34)c2CSc2ncccn2)cc1Cl. The molecule has 0 fully saturated rings. The Bertz CT molecular complexity index is 1480. The van der Waals surface area contributed by atoms with Crippen molar-refractivity contribution in [2.75, 3.05) is 6.54 Å². The molecule has 5 aromatic rings. The summed E-state index contributed by atoms with van der Waals surface area (Å²) >= 11 is 7.76. The molecule has 10 heteroatoms. The van der Waals surface area contributed by atoms with Crippen molar-refractivity contribution in [2.45, 2.75) is 24.3 Å². The number of H-pyrrole nitrogens is 1. The first-order chi connectivity index (χ1) is 17.1. The number of hydrogen-bond donors (Lipinski definition) is 2. The van der Waals surface area contributed by atoms with Crippen LogP contribution in [-0.2, 0) is 12.2 Å². The molecule has 35 heavy (non-hydrogen) atoms. The minimum Gasteiger partial charge on any atom is -0.361 e. The van der Waals surface area contributed by atoms with E-state index in [1.54, 1.807) is 23.1 Å². The molecule has 0 bridgehead atoms. The van der Waals surface area contributed by atoms with Crippen LogP contribution < -0.4 is 5.32 Å². The van der Waals surface area contributed by atoms with Crippen molar-refractivity contribution in [1.29, 1.82) is 0 Å². The largest absolute Gasteiger partial charge is 0.361 e. The second-order valence-electron chi connectivity index (χ2n) is 7.92. The summed E-state index contributed by atoms with van der Waals surface area (Å²) in [6.07, 6.45) is 6.04. The number of aromatic nitrogens is 6. The van der Waals surface area contributed by atoms with Crippen molar-refractivity contribution in [3.05, 3.63) is 94.7 Å². The van der Waals surface area contributed by atoms with Gasteiger partial charge in [-0.2, -0.15) is 0 Å². The highest BCUT2D eigenvalue weighted by Crippen LogP contribution is 2.25. The van der Waals surface area contributed by atoms with Gasteiger partial charge in [0.2, 0.25) is 0 Å². The summed E-state index contributed by atoms with van der Waals surface area (Å²) in [7, 11) is 0. The third-order valence-corrected chi connectivity index (χ3v) is 6.91. The normalized spacial score (nSPS) is 11.1. The molecule has 2 N–H and O–H groups in total. The standard InChI is InChI=1S/C25H22ClN7OS/c1-16-7-8-18(13-20(16)26)33-22(15-35-25-28-10-4-11-29-25)23(31-32-33)24(34)27-12-9-17-14-30-21-6-3-2-5-19(17)21/h2-8,10-11,13-14,30H,9,12,15H2,1H3,(H,27,34). The second kappa shape index (κ2) is 10.3. The summed E-state index contributed by atoms with van der Waals surface area (Å²) in [6, 6.07) is 15.5. The predicted molar refractivity (Wildman–Crippen MR) is 137 cm³/mol. The van der Waals surface area contributed by atoms with Crippen LogP contribution in [0.3, 0.4) is 0 Å². The molecule has 0 radical (unpaired) electrons. The quantitative estimate of drug-likeness (QED) is 0.234. The summed E-state index contributed by atoms with van der Waals surface area (Å²) in [5.41, 5.74) is 4.83. The van der Waals surface area contributed by atoms with E-state index < -0.39 is 0 Å². The number of amides is 1. The van der Waals surface area contributed by atoms with Gasteiger partial charge in [0, 0.05) is 46.8 Å². The molecule has 0 saturated heterocycles. The van der Waals surface area contributed by atoms with E-state index in [0.717, 1.165) is 27.7 Å². The molecular formula is C25H22ClN7OS. The number of para-hydroxylation sites is 1. The Labute approximate surface area is 211 Å². The van der Waals surface area contributed by atoms with Gasteiger partial charge in [-0.05, 0) is 48.7 Å². The lowest BCUT2D eigenvalue weighted by Gasteiger charge is -2.09. The van der Waals surface area contributed by atoms with E-state index in [4.69, 9.17) is 11.6 Å². The predicted octanol–water partition coefficient (Wildman–Crippen LogP) is 4.77. The molecule has 5 rings (SSSR count). The fraction of sp³-hybridized carbons (Fsp3) is 0.160. The van der Waals surface area contributed by atoms with Gasteiger partial charge in [-0.1, -0.05) is 52.8 Å². The van der Waals surface area contributed by atoms with Gasteiger partial charge in [-0.25, -0.2) is 14.6 Å². The Hall–Kier alpha value is -3.69. The van der Waals surface area contributed by atoms with Crippen LogP contribution in [0.4, 0.5) is 0 Å². The molecule has 0 atom stereocenters. The highest BCUT2D eigenvalue weighted by atomic mass is 35.5. The lowest BCUT2D eigenvalue weighted by atomic mass is 10.1. The maximum atomic E-state index is 13.1. The van der Waals surface area contributed by atoms with E-state index >= 15 is 0 Å². The summed E-state index contributed by atoms with van der Waals surface area (Å²) in [6.45, 7) is 2.40. The Morgan fingerprint density at radius 1 is 1.14 bits per heavy atom. The van der Waals surface area contributed by atoms with E-state index in [9.17, 15) is 4.79 Å². The lowest BCUT2D eigenvalue weighted by Crippen LogP contribution is -2.27. The fourth-order valence-corrected chi connectivity index (χ4v) is 4.72. The number of hydrogen-bond acceptors (Lipinski definition) is 6. The average molecular weight is 504 g/mol. The van der Waals surface area contributed by atoms with Crippen LogP contribution in [0.5, 0.6) is 0 Å². The molecule has 2 aromatic carbocycles. The molecule has 0 aliphatic heterocycles. The Kier molecular flexibility index (Phi) is 6.78. The smallest absolute Gasteiger partial charge is 0.273 e. The third kappa shape index (κ3) is 5.06. The van der Waals surface area contributed by atoms with Gasteiger partial charge in [0.25, 0.3) is 5.91 Å². The number of thioether (sulfide) groups is 1. The van der Waals surface area contributed by atoms with Gasteiger partial charge in [0.1, 0.15) is 0 Å². The van der Waals surface area contributed by atoms with Crippen molar-refractivity contribution < 1.29 is 4.79 Å². The highest BCUT2D eigenvalue weighted by molar-refractivity contribution is 7.98. The monoisotopic (exact) mass is 503 g/mol. The second-order valence-corrected chi connectivity index (χ2v) is 9.27. The first kappa shape index (κ1) is 23.1. The summed E-state index contributed by atoms with van der Waals surface area (Å²) in [5, 5.41) is 13.9. The van der Waals surface area contributed by atoms with Crippen LogP contribution in [0.25, 0.3) is 16.6 Å². The molecule has 0 aliphatic rings. The summed E-state index contributed by atoms with van der Waals surface area (Å²) < 4.78 is 1.65. The number of carbonyl (C=O) groups excluding carboxylic acids is 1. The average Bonchev–Trinajstić information content (AvgIpc) is 3.49. The molecule has 0 aliphatic carbocycles. The van der Waals surface area contributed by atoms with Gasteiger partial charge < -0.3 is 10.3 Å². The maximum Gasteiger partial charge on any atom is 0.273 e. The van der Waals surface area contributed by atoms with Crippen LogP contribution in [0.2, 0.25) is 5.02 Å². The van der Waals surface area contributed by atoms with E-state index in [1.165, 1.54) is 11.8 Å². The van der Waals surface area contributed by atoms with Crippen LogP contribution >= 0.6 is 23.4 Å². The number of nitrogens with one attached hydrogen (secondary N) is 2. The third-order valence-electron chi connectivity index (χ3n) is 5.61. The molecular weight excluding hydrogens is 482 g/mol. The topological polar surface area (TPSA) is 101 Å². The zero-order valence-electron chi connectivity index (χ0n) is 18.9. The van der Waals surface area contributed by atoms with E-state index in [1.807, 2.05) is 49.5 Å². The summed E-state index contributed by atoms with van der Waals surface area (Å²) in [5.74, 6) is 0.132. The van der Waals surface area contributed by atoms with Crippen molar-refractivity contribution in [1.82, 2.24) is 35.3 Å². The van der Waals surface area contributed by atoms with Crippen molar-refractivity contribution in [2.24, 2.45) is 0 Å². The highest BCUT2D eigenvalue weighted by Gasteiger charge is 2.21. The van der Waals surface area contributed by atoms with Gasteiger partial charge >= 0.3 is 0 Å². The zero-order chi connectivity index (χ0) is 24.2. The number of aryl methyl sites for hydroxylation is 1. The number of fused-ring (bicyclic) bond motifs is 1. The Balaban J connectivity index is 1.36. The molecule has 0 spiro atoms. The Morgan fingerprint density at radius 2 is 1.97 bits per heavy atom. The number of benzene rings is 2. The van der Waals surface area contributed by atoms with Gasteiger partial charge in [0.15, 0.2) is 10.9 Å². The van der Waals surface area contributed by atoms with E-state index in [-0.39, 0.29) is 11.6 Å². The number of carbonyl (C=O) groups is 1. The minimum atomic E-state index is -0.279. The van der Waals surface area contributed by atoms with Crippen molar-refractivity contribution >= 4 is 40.2 Å². The van der Waals surface area contributed by atoms with E-state index in [0.29, 0.717) is 34.6 Å². The van der Waals surface area contributed by atoms with Crippen LogP contribution in [0.15, 0.2) is 72.3 Å². The molecule has 0 saturated carbocycles. The van der Waals surface area contributed by atoms with Gasteiger partial charge in [-0.3, -0.25) is 4.79 Å². The van der Waals surface area contributed by atoms with Crippen LogP contribution in [-0.4, -0.2) is 42.4 Å². The van der Waals surface area contributed by atoms with Crippen LogP contribution in [0.1, 0.15) is 27.3 Å². The molecule has 3 aromatic heterocycles. The number of halogens is 1. The minimum absolute atomic E-state index is 0.268. The number of aromatic amines is 1. The Morgan fingerprint density at radius 3 is 2.80 bits per heavy atom. The number of nitrogens with zero attached hydrogens (tertiary/aromatic N) is 5. The molecule has 1 amide bonds. The first-order valence-corrected chi connectivity index (χ1v) is 12.4. The van der Waals surface area contributed by atoms with Crippen LogP contribution in [0, 0.1) is 6.92 Å². The summed E-state index contributed by atoms with van der Waals surface area (Å²) in [4.78, 5) is 24.9. The molecule has 0 unspecified atom stereocenters. The number of rotatable bonds is 8. The van der Waals surface area contributed by atoms with E-state index in [2.05, 4.69) is 36.6 Å².